The van der Waals surface area contributed by atoms with Crippen molar-refractivity contribution in [3.8, 4) is 0 Å². The van der Waals surface area contributed by atoms with Gasteiger partial charge in [0.05, 0.1) is 25.4 Å². The topological polar surface area (TPSA) is 93.1 Å². The molecule has 0 bridgehead atoms. The van der Waals surface area contributed by atoms with Gasteiger partial charge in [-0.25, -0.2) is 0 Å². The van der Waals surface area contributed by atoms with Gasteiger partial charge in [-0.15, -0.1) is 0 Å². The zero-order chi connectivity index (χ0) is 38.0. The van der Waals surface area contributed by atoms with Crippen LogP contribution in [0.5, 0.6) is 0 Å². The lowest BCUT2D eigenvalue weighted by molar-refractivity contribution is -0.144. The summed E-state index contributed by atoms with van der Waals surface area (Å²) in [6.07, 6.45) is 44.7. The lowest BCUT2D eigenvalue weighted by Gasteiger charge is -2.07. The van der Waals surface area contributed by atoms with Crippen molar-refractivity contribution in [2.75, 3.05) is 13.2 Å². The van der Waals surface area contributed by atoms with Crippen LogP contribution >= 0.6 is 0 Å². The van der Waals surface area contributed by atoms with Crippen LogP contribution in [0.15, 0.2) is 24.3 Å². The van der Waals surface area contributed by atoms with Gasteiger partial charge >= 0.3 is 11.9 Å². The molecule has 0 aromatic heterocycles. The van der Waals surface area contributed by atoms with Gasteiger partial charge in [0.15, 0.2) is 0 Å². The Bertz CT molecular complexity index is 743. The number of aliphatic hydroxyl groups excluding tert-OH is 2. The van der Waals surface area contributed by atoms with Gasteiger partial charge in [-0.1, -0.05) is 167 Å². The van der Waals surface area contributed by atoms with Crippen molar-refractivity contribution in [2.24, 2.45) is 0 Å². The fourth-order valence-corrected chi connectivity index (χ4v) is 6.50. The van der Waals surface area contributed by atoms with Crippen molar-refractivity contribution in [1.29, 1.82) is 0 Å². The van der Waals surface area contributed by atoms with Crippen molar-refractivity contribution in [1.82, 2.24) is 0 Å². The number of unbranched alkanes of at least 4 members (excludes halogenated alkanes) is 23. The fourth-order valence-electron chi connectivity index (χ4n) is 6.50. The maximum atomic E-state index is 12.0. The Hall–Kier alpha value is -1.66. The molecule has 0 fully saturated rings. The minimum Gasteiger partial charge on any atom is -0.466 e. The third kappa shape index (κ3) is 41.1. The van der Waals surface area contributed by atoms with E-state index in [-0.39, 0.29) is 24.1 Å². The third-order valence-corrected chi connectivity index (χ3v) is 10.00. The van der Waals surface area contributed by atoms with E-state index in [4.69, 9.17) is 9.47 Å². The molecule has 0 aliphatic carbocycles. The molecule has 0 spiro atoms. The molecular formula is C46H86O6. The van der Waals surface area contributed by atoms with E-state index in [0.29, 0.717) is 26.1 Å². The van der Waals surface area contributed by atoms with E-state index in [2.05, 4.69) is 38.2 Å². The van der Waals surface area contributed by atoms with E-state index in [1.165, 1.54) is 103 Å². The van der Waals surface area contributed by atoms with E-state index >= 15 is 0 Å². The Balaban J connectivity index is 3.35. The highest BCUT2D eigenvalue weighted by atomic mass is 16.5. The maximum absolute atomic E-state index is 12.0. The van der Waals surface area contributed by atoms with Gasteiger partial charge in [0.2, 0.25) is 0 Å². The molecule has 2 unspecified atom stereocenters. The second-order valence-electron chi connectivity index (χ2n) is 15.3. The minimum absolute atomic E-state index is 0.0482. The monoisotopic (exact) mass is 735 g/mol. The van der Waals surface area contributed by atoms with Crippen LogP contribution in [0, 0.1) is 0 Å². The van der Waals surface area contributed by atoms with Crippen LogP contribution in [0.25, 0.3) is 0 Å². The molecule has 52 heavy (non-hydrogen) atoms. The highest BCUT2D eigenvalue weighted by Gasteiger charge is 2.05. The first-order valence-corrected chi connectivity index (χ1v) is 22.5. The molecule has 0 aromatic rings. The number of aliphatic hydroxyl groups is 2. The largest absolute Gasteiger partial charge is 0.466 e. The van der Waals surface area contributed by atoms with E-state index in [0.717, 1.165) is 103 Å². The van der Waals surface area contributed by atoms with Crippen LogP contribution in [0.3, 0.4) is 0 Å². The van der Waals surface area contributed by atoms with Crippen LogP contribution < -0.4 is 0 Å². The van der Waals surface area contributed by atoms with Crippen molar-refractivity contribution in [3.05, 3.63) is 24.3 Å². The average Bonchev–Trinajstić information content (AvgIpc) is 3.13. The third-order valence-electron chi connectivity index (χ3n) is 10.00. The molecule has 306 valence electrons. The second-order valence-corrected chi connectivity index (χ2v) is 15.3. The van der Waals surface area contributed by atoms with Crippen molar-refractivity contribution >= 4 is 11.9 Å². The molecule has 0 heterocycles. The van der Waals surface area contributed by atoms with Gasteiger partial charge in [-0.2, -0.15) is 0 Å². The summed E-state index contributed by atoms with van der Waals surface area (Å²) in [7, 11) is 0. The normalized spacial score (nSPS) is 12.9. The Morgan fingerprint density at radius 2 is 0.750 bits per heavy atom. The molecule has 2 N–H and O–H groups in total. The number of esters is 2. The van der Waals surface area contributed by atoms with E-state index in [1.54, 1.807) is 0 Å². The van der Waals surface area contributed by atoms with Gasteiger partial charge in [-0.05, 0) is 77.0 Å². The Morgan fingerprint density at radius 1 is 0.423 bits per heavy atom. The molecule has 0 amide bonds. The van der Waals surface area contributed by atoms with Crippen molar-refractivity contribution in [3.63, 3.8) is 0 Å². The number of rotatable bonds is 41. The predicted octanol–water partition coefficient (Wildman–Crippen LogP) is 13.2. The SMILES string of the molecule is CCCCCCC(O)C/C=C\CCCCCCCC(=O)OCCCCCCCCCCOC(=O)CCCCCCC/C=C/CC(O)CCCCCC. The summed E-state index contributed by atoms with van der Waals surface area (Å²) in [5, 5.41) is 20.0. The molecule has 0 saturated heterocycles. The summed E-state index contributed by atoms with van der Waals surface area (Å²) < 4.78 is 10.8. The summed E-state index contributed by atoms with van der Waals surface area (Å²) in [4.78, 5) is 24.0. The van der Waals surface area contributed by atoms with Crippen LogP contribution in [-0.4, -0.2) is 47.6 Å². The number of ether oxygens (including phenoxy) is 2. The fraction of sp³-hybridized carbons (Fsp3) is 0.870. The molecule has 2 atom stereocenters. The van der Waals surface area contributed by atoms with E-state index in [1.807, 2.05) is 0 Å². The van der Waals surface area contributed by atoms with Crippen molar-refractivity contribution < 1.29 is 29.3 Å². The Morgan fingerprint density at radius 3 is 1.13 bits per heavy atom. The molecule has 0 saturated carbocycles. The van der Waals surface area contributed by atoms with Crippen LogP contribution in [0.1, 0.15) is 232 Å². The van der Waals surface area contributed by atoms with Gasteiger partial charge in [-0.3, -0.25) is 9.59 Å². The van der Waals surface area contributed by atoms with Crippen LogP contribution in [0.2, 0.25) is 0 Å². The number of hydrogen-bond donors (Lipinski definition) is 2. The van der Waals surface area contributed by atoms with Crippen molar-refractivity contribution in [2.45, 2.75) is 244 Å². The first-order valence-electron chi connectivity index (χ1n) is 22.5. The Labute approximate surface area is 322 Å². The van der Waals surface area contributed by atoms with Gasteiger partial charge in [0.1, 0.15) is 0 Å². The summed E-state index contributed by atoms with van der Waals surface area (Å²) >= 11 is 0. The molecule has 0 aliphatic rings. The summed E-state index contributed by atoms with van der Waals surface area (Å²) in [6, 6.07) is 0. The number of carbonyl (C=O) groups is 2. The minimum atomic E-state index is -0.182. The average molecular weight is 735 g/mol. The smallest absolute Gasteiger partial charge is 0.305 e. The zero-order valence-electron chi connectivity index (χ0n) is 34.4. The molecule has 0 aliphatic heterocycles. The van der Waals surface area contributed by atoms with Crippen LogP contribution in [0.4, 0.5) is 0 Å². The molecule has 0 rings (SSSR count). The number of hydrogen-bond acceptors (Lipinski definition) is 6. The standard InChI is InChI=1S/C46H86O6/c1-3-5-7-27-35-43(47)37-29-21-15-9-11-17-23-31-39-45(49)51-41-33-25-19-13-14-20-26-34-42-52-46(50)40-32-24-18-12-10-16-22-30-38-44(48)36-28-8-6-4-2/h21-22,29-30,43-44,47-48H,3-20,23-28,31-42H2,1-2H3/b29-21-,30-22+. The predicted molar refractivity (Wildman–Crippen MR) is 221 cm³/mol. The molecule has 6 nitrogen and oxygen atoms in total. The van der Waals surface area contributed by atoms with Crippen LogP contribution in [-0.2, 0) is 19.1 Å². The highest BCUT2D eigenvalue weighted by molar-refractivity contribution is 5.69. The molecule has 0 aromatic carbocycles. The first-order chi connectivity index (χ1) is 25.5. The number of carbonyl (C=O) groups excluding carboxylic acids is 2. The highest BCUT2D eigenvalue weighted by Crippen LogP contribution is 2.14. The first kappa shape index (κ1) is 50.3. The Kier molecular flexibility index (Phi) is 40.7. The molecule has 0 radical (unpaired) electrons. The number of allylic oxidation sites excluding steroid dienone is 2. The maximum Gasteiger partial charge on any atom is 0.305 e. The quantitative estimate of drug-likeness (QED) is 0.0369. The summed E-state index contributed by atoms with van der Waals surface area (Å²) in [5.41, 5.74) is 0. The van der Waals surface area contributed by atoms with Gasteiger partial charge < -0.3 is 19.7 Å². The molecule has 6 heteroatoms. The van der Waals surface area contributed by atoms with Gasteiger partial charge in [0, 0.05) is 12.8 Å². The van der Waals surface area contributed by atoms with E-state index in [9.17, 15) is 19.8 Å². The zero-order valence-corrected chi connectivity index (χ0v) is 34.4. The van der Waals surface area contributed by atoms with E-state index < -0.39 is 0 Å². The lowest BCUT2D eigenvalue weighted by Crippen LogP contribution is -2.05. The molecular weight excluding hydrogens is 649 g/mol. The lowest BCUT2D eigenvalue weighted by atomic mass is 10.1. The summed E-state index contributed by atoms with van der Waals surface area (Å²) in [6.45, 7) is 5.52. The van der Waals surface area contributed by atoms with Gasteiger partial charge in [0.25, 0.3) is 0 Å². The summed E-state index contributed by atoms with van der Waals surface area (Å²) in [5.74, 6) is -0.0964. The second kappa shape index (κ2) is 42.1.